The lowest BCUT2D eigenvalue weighted by atomic mass is 10.1. The van der Waals surface area contributed by atoms with Crippen LogP contribution in [0.1, 0.15) is 42.9 Å². The summed E-state index contributed by atoms with van der Waals surface area (Å²) in [7, 11) is 1.72. The minimum absolute atomic E-state index is 0.0327. The molecule has 2 rings (SSSR count). The van der Waals surface area contributed by atoms with Crippen LogP contribution in [0.25, 0.3) is 0 Å². The Balaban J connectivity index is 1.58. The van der Waals surface area contributed by atoms with Crippen LogP contribution in [0, 0.1) is 0 Å². The Labute approximate surface area is 157 Å². The summed E-state index contributed by atoms with van der Waals surface area (Å²) in [6.07, 6.45) is 4.02. The van der Waals surface area contributed by atoms with Gasteiger partial charge < -0.3 is 19.9 Å². The minimum atomic E-state index is 0.0327. The predicted octanol–water partition coefficient (Wildman–Crippen LogP) is 4.49. The molecule has 4 nitrogen and oxygen atoms in total. The highest BCUT2D eigenvalue weighted by atomic mass is 16.5. The molecule has 0 aliphatic heterocycles. The van der Waals surface area contributed by atoms with Crippen molar-refractivity contribution in [2.75, 3.05) is 26.9 Å². The van der Waals surface area contributed by atoms with Crippen LogP contribution in [0.15, 0.2) is 54.6 Å². The number of hydrogen-bond acceptors (Lipinski definition) is 4. The van der Waals surface area contributed by atoms with E-state index in [0.29, 0.717) is 13.2 Å². The van der Waals surface area contributed by atoms with Gasteiger partial charge in [-0.15, -0.1) is 0 Å². The summed E-state index contributed by atoms with van der Waals surface area (Å²) in [6, 6.07) is 18.4. The number of methoxy groups -OCH3 is 1. The van der Waals surface area contributed by atoms with Crippen LogP contribution in [0.4, 0.5) is 0 Å². The lowest BCUT2D eigenvalue weighted by Crippen LogP contribution is -2.09. The topological polar surface area (TPSA) is 53.7 Å². The minimum Gasteiger partial charge on any atom is -0.494 e. The molecule has 0 saturated heterocycles. The molecule has 0 aliphatic rings. The van der Waals surface area contributed by atoms with Gasteiger partial charge in [0.2, 0.25) is 0 Å². The van der Waals surface area contributed by atoms with E-state index in [1.165, 1.54) is 5.56 Å². The van der Waals surface area contributed by atoms with Gasteiger partial charge in [0.1, 0.15) is 5.75 Å². The summed E-state index contributed by atoms with van der Waals surface area (Å²) in [4.78, 5) is 0. The fourth-order valence-electron chi connectivity index (χ4n) is 2.81. The second-order valence-corrected chi connectivity index (χ2v) is 6.32. The van der Waals surface area contributed by atoms with E-state index >= 15 is 0 Å². The van der Waals surface area contributed by atoms with E-state index in [-0.39, 0.29) is 6.10 Å². The van der Waals surface area contributed by atoms with Gasteiger partial charge in [0.15, 0.2) is 0 Å². The molecule has 142 valence electrons. The first-order chi connectivity index (χ1) is 12.8. The molecule has 0 amide bonds. The van der Waals surface area contributed by atoms with Gasteiger partial charge in [-0.05, 0) is 55.5 Å². The quantitative estimate of drug-likeness (QED) is 0.537. The normalized spacial score (nSPS) is 12.1. The van der Waals surface area contributed by atoms with Crippen molar-refractivity contribution in [1.82, 2.24) is 0 Å². The van der Waals surface area contributed by atoms with E-state index in [0.717, 1.165) is 50.2 Å². The van der Waals surface area contributed by atoms with Gasteiger partial charge in [-0.2, -0.15) is 0 Å². The standard InChI is InChI=1S/C22H31NO3/c1-24-22(13-14-23)20-11-8-12-21(17-20)26-16-7-3-6-15-25-18-19-9-4-2-5-10-19/h2,4-5,8-12,17,22H,3,6-7,13-16,18,23H2,1H3. The van der Waals surface area contributed by atoms with Gasteiger partial charge in [-0.3, -0.25) is 0 Å². The Morgan fingerprint density at radius 1 is 0.923 bits per heavy atom. The van der Waals surface area contributed by atoms with Crippen molar-refractivity contribution in [1.29, 1.82) is 0 Å². The maximum Gasteiger partial charge on any atom is 0.119 e. The summed E-state index contributed by atoms with van der Waals surface area (Å²) in [5.41, 5.74) is 7.98. The van der Waals surface area contributed by atoms with E-state index in [4.69, 9.17) is 19.9 Å². The van der Waals surface area contributed by atoms with Crippen LogP contribution < -0.4 is 10.5 Å². The third-order valence-corrected chi connectivity index (χ3v) is 4.26. The summed E-state index contributed by atoms with van der Waals surface area (Å²) < 4.78 is 17.1. The zero-order chi connectivity index (χ0) is 18.5. The Kier molecular flexibility index (Phi) is 9.80. The average Bonchev–Trinajstić information content (AvgIpc) is 2.69. The number of unbranched alkanes of at least 4 members (excludes halogenated alkanes) is 2. The van der Waals surface area contributed by atoms with Gasteiger partial charge in [0.25, 0.3) is 0 Å². The first-order valence-corrected chi connectivity index (χ1v) is 9.40. The fraction of sp³-hybridized carbons (Fsp3) is 0.455. The van der Waals surface area contributed by atoms with Crippen molar-refractivity contribution in [2.45, 2.75) is 38.4 Å². The van der Waals surface area contributed by atoms with Crippen LogP contribution >= 0.6 is 0 Å². The molecule has 0 bridgehead atoms. The van der Waals surface area contributed by atoms with E-state index in [1.54, 1.807) is 7.11 Å². The molecule has 2 N–H and O–H groups in total. The number of ether oxygens (including phenoxy) is 3. The van der Waals surface area contributed by atoms with Gasteiger partial charge in [0, 0.05) is 13.7 Å². The molecule has 0 fully saturated rings. The number of rotatable bonds is 13. The van der Waals surface area contributed by atoms with Crippen LogP contribution in [0.2, 0.25) is 0 Å². The zero-order valence-corrected chi connectivity index (χ0v) is 15.7. The van der Waals surface area contributed by atoms with Gasteiger partial charge in [-0.1, -0.05) is 42.5 Å². The smallest absolute Gasteiger partial charge is 0.119 e. The summed E-state index contributed by atoms with van der Waals surface area (Å²) >= 11 is 0. The molecule has 2 aromatic rings. The maximum absolute atomic E-state index is 5.87. The Morgan fingerprint density at radius 2 is 1.73 bits per heavy atom. The largest absolute Gasteiger partial charge is 0.494 e. The molecule has 0 saturated carbocycles. The van der Waals surface area contributed by atoms with Crippen LogP contribution in [0.5, 0.6) is 5.75 Å². The molecule has 26 heavy (non-hydrogen) atoms. The second kappa shape index (κ2) is 12.5. The molecular weight excluding hydrogens is 326 g/mol. The highest BCUT2D eigenvalue weighted by Gasteiger charge is 2.10. The lowest BCUT2D eigenvalue weighted by molar-refractivity contribution is 0.0975. The van der Waals surface area contributed by atoms with E-state index in [1.807, 2.05) is 36.4 Å². The Hall–Kier alpha value is -1.88. The molecule has 1 unspecified atom stereocenters. The molecule has 2 aromatic carbocycles. The number of benzene rings is 2. The van der Waals surface area contributed by atoms with E-state index in [2.05, 4.69) is 18.2 Å². The predicted molar refractivity (Wildman–Crippen MR) is 105 cm³/mol. The molecule has 1 atom stereocenters. The molecular formula is C22H31NO3. The summed E-state index contributed by atoms with van der Waals surface area (Å²) in [5, 5.41) is 0. The molecule has 0 heterocycles. The van der Waals surface area contributed by atoms with Crippen molar-refractivity contribution < 1.29 is 14.2 Å². The number of hydrogen-bond donors (Lipinski definition) is 1. The fourth-order valence-corrected chi connectivity index (χ4v) is 2.81. The van der Waals surface area contributed by atoms with Crippen molar-refractivity contribution in [2.24, 2.45) is 5.73 Å². The Morgan fingerprint density at radius 3 is 2.50 bits per heavy atom. The van der Waals surface area contributed by atoms with Crippen LogP contribution in [0.3, 0.4) is 0 Å². The van der Waals surface area contributed by atoms with Gasteiger partial charge >= 0.3 is 0 Å². The van der Waals surface area contributed by atoms with Gasteiger partial charge in [0.05, 0.1) is 19.3 Å². The SMILES string of the molecule is COC(CCN)c1cccc(OCCCCCOCc2ccccc2)c1. The van der Waals surface area contributed by atoms with Crippen molar-refractivity contribution >= 4 is 0 Å². The summed E-state index contributed by atoms with van der Waals surface area (Å²) in [5.74, 6) is 0.891. The molecule has 0 radical (unpaired) electrons. The number of nitrogens with two attached hydrogens (primary N) is 1. The van der Waals surface area contributed by atoms with Crippen molar-refractivity contribution in [3.8, 4) is 5.75 Å². The van der Waals surface area contributed by atoms with Gasteiger partial charge in [-0.25, -0.2) is 0 Å². The molecule has 4 heteroatoms. The molecule has 0 aromatic heterocycles. The van der Waals surface area contributed by atoms with E-state index in [9.17, 15) is 0 Å². The maximum atomic E-state index is 5.87. The van der Waals surface area contributed by atoms with E-state index < -0.39 is 0 Å². The van der Waals surface area contributed by atoms with Crippen molar-refractivity contribution in [3.05, 3.63) is 65.7 Å². The third-order valence-electron chi connectivity index (χ3n) is 4.26. The lowest BCUT2D eigenvalue weighted by Gasteiger charge is -2.16. The highest BCUT2D eigenvalue weighted by molar-refractivity contribution is 5.30. The van der Waals surface area contributed by atoms with Crippen LogP contribution in [-0.4, -0.2) is 26.9 Å². The summed E-state index contributed by atoms with van der Waals surface area (Å²) in [6.45, 7) is 2.80. The van der Waals surface area contributed by atoms with Crippen molar-refractivity contribution in [3.63, 3.8) is 0 Å². The average molecular weight is 357 g/mol. The third kappa shape index (κ3) is 7.56. The highest BCUT2D eigenvalue weighted by Crippen LogP contribution is 2.24. The first kappa shape index (κ1) is 20.4. The first-order valence-electron chi connectivity index (χ1n) is 9.40. The second-order valence-electron chi connectivity index (χ2n) is 6.32. The monoisotopic (exact) mass is 357 g/mol. The Bertz CT molecular complexity index is 603. The zero-order valence-electron chi connectivity index (χ0n) is 15.7. The molecule has 0 aliphatic carbocycles. The molecule has 0 spiro atoms. The van der Waals surface area contributed by atoms with Crippen LogP contribution in [-0.2, 0) is 16.1 Å².